The lowest BCUT2D eigenvalue weighted by Gasteiger charge is -2.37. The Morgan fingerprint density at radius 3 is 2.37 bits per heavy atom. The molecule has 62 heavy (non-hydrogen) atoms. The van der Waals surface area contributed by atoms with Gasteiger partial charge in [-0.3, -0.25) is 19.1 Å². The summed E-state index contributed by atoms with van der Waals surface area (Å²) in [5, 5.41) is 5.70. The van der Waals surface area contributed by atoms with Gasteiger partial charge in [0.25, 0.3) is 5.91 Å². The SMILES string of the molecule is Cc1c(O[Si](C)(C)C(C)(C)C)ccc2c(OC3CC4C(=O)NC5(C(=O)NS(=O)(=O)C6CC6)CC5C=CCCCCCC(NC(=O)OC(C)(C)C)C(=O)N4C3)cc(OC(C)C)nc12. The van der Waals surface area contributed by atoms with Crippen molar-refractivity contribution in [2.75, 3.05) is 6.54 Å². The number of sulfonamides is 1. The monoisotopic (exact) mass is 897 g/mol. The van der Waals surface area contributed by atoms with Gasteiger partial charge >= 0.3 is 6.09 Å². The maximum Gasteiger partial charge on any atom is 0.408 e. The number of allylic oxidation sites excluding steroid dienone is 1. The maximum atomic E-state index is 14.7. The largest absolute Gasteiger partial charge is 0.543 e. The number of ether oxygens (including phenoxy) is 3. The number of amides is 4. The number of carbonyl (C=O) groups is 4. The van der Waals surface area contributed by atoms with Crippen LogP contribution in [-0.2, 0) is 29.1 Å². The van der Waals surface area contributed by atoms with E-state index in [4.69, 9.17) is 23.6 Å². The number of fused-ring (bicyclic) bond motifs is 3. The van der Waals surface area contributed by atoms with Gasteiger partial charge in [0.05, 0.1) is 23.4 Å². The zero-order chi connectivity index (χ0) is 45.6. The van der Waals surface area contributed by atoms with Crippen molar-refractivity contribution in [3.05, 3.63) is 35.9 Å². The fourth-order valence-corrected chi connectivity index (χ4v) is 10.2. The van der Waals surface area contributed by atoms with Crippen molar-refractivity contribution in [2.45, 2.75) is 179 Å². The van der Waals surface area contributed by atoms with Crippen LogP contribution >= 0.6 is 0 Å². The van der Waals surface area contributed by atoms with Crippen molar-refractivity contribution in [3.8, 4) is 17.4 Å². The average Bonchev–Trinajstić information content (AvgIpc) is 4.07. The first-order valence-corrected chi connectivity index (χ1v) is 26.6. The molecule has 6 rings (SSSR count). The van der Waals surface area contributed by atoms with E-state index in [9.17, 15) is 27.6 Å². The van der Waals surface area contributed by atoms with Crippen molar-refractivity contribution < 1.29 is 46.2 Å². The summed E-state index contributed by atoms with van der Waals surface area (Å²) >= 11 is 0. The summed E-state index contributed by atoms with van der Waals surface area (Å²) in [6.07, 6.45) is 6.44. The standard InChI is InChI=1S/C45H67N5O10SSi/c1-27(2)57-37-24-36(32-21-22-35(28(3)38(32)47-37)60-62(10,11)44(7,8)9)58-30-23-34-39(51)48-45(41(53)49-61(55,56)31-19-20-31)25-29(45)17-15-13-12-14-16-18-33(40(52)50(34)26-30)46-42(54)59-43(4,5)6/h15,17,21-22,24,27,29-31,33-34H,12-14,16,18-20,23,25-26H2,1-11H3,(H,46,54)(H,48,51)(H,49,53). The molecule has 0 spiro atoms. The molecule has 5 unspecified atom stereocenters. The molecule has 1 aromatic carbocycles. The number of aryl methyl sites for hydroxylation is 1. The zero-order valence-corrected chi connectivity index (χ0v) is 40.1. The van der Waals surface area contributed by atoms with Crippen LogP contribution in [0.1, 0.15) is 119 Å². The highest BCUT2D eigenvalue weighted by Gasteiger charge is 2.62. The van der Waals surface area contributed by atoms with Crippen LogP contribution in [0.3, 0.4) is 0 Å². The molecule has 2 saturated carbocycles. The van der Waals surface area contributed by atoms with Gasteiger partial charge in [-0.1, -0.05) is 45.8 Å². The first-order valence-electron chi connectivity index (χ1n) is 22.1. The second-order valence-corrected chi connectivity index (χ2v) is 27.0. The maximum absolute atomic E-state index is 14.7. The van der Waals surface area contributed by atoms with E-state index in [0.717, 1.165) is 24.2 Å². The predicted octanol–water partition coefficient (Wildman–Crippen LogP) is 6.96. The highest BCUT2D eigenvalue weighted by molar-refractivity contribution is 7.91. The lowest BCUT2D eigenvalue weighted by Crippen LogP contribution is -2.58. The van der Waals surface area contributed by atoms with E-state index in [1.165, 1.54) is 4.90 Å². The van der Waals surface area contributed by atoms with E-state index >= 15 is 0 Å². The molecule has 2 aliphatic heterocycles. The molecule has 1 aromatic heterocycles. The minimum Gasteiger partial charge on any atom is -0.543 e. The highest BCUT2D eigenvalue weighted by atomic mass is 32.2. The summed E-state index contributed by atoms with van der Waals surface area (Å²) in [5.41, 5.74) is -0.904. The van der Waals surface area contributed by atoms with Gasteiger partial charge in [0.15, 0.2) is 0 Å². The first kappa shape index (κ1) is 47.1. The van der Waals surface area contributed by atoms with E-state index < -0.39 is 82.7 Å². The molecule has 5 atom stereocenters. The summed E-state index contributed by atoms with van der Waals surface area (Å²) in [4.78, 5) is 62.7. The normalized spacial score (nSPS) is 25.2. The molecule has 3 heterocycles. The number of rotatable bonds is 10. The molecule has 4 aliphatic rings. The fraction of sp³-hybridized carbons (Fsp3) is 0.667. The second-order valence-electron chi connectivity index (χ2n) is 20.3. The number of pyridine rings is 1. The van der Waals surface area contributed by atoms with Gasteiger partial charge in [0.1, 0.15) is 40.8 Å². The number of benzene rings is 1. The molecule has 17 heteroatoms. The molecule has 15 nitrogen and oxygen atoms in total. The van der Waals surface area contributed by atoms with Gasteiger partial charge in [-0.05, 0) is 110 Å². The summed E-state index contributed by atoms with van der Waals surface area (Å²) in [6, 6.07) is 3.37. The van der Waals surface area contributed by atoms with E-state index in [2.05, 4.69) is 49.2 Å². The lowest BCUT2D eigenvalue weighted by atomic mass is 10.0. The van der Waals surface area contributed by atoms with Crippen LogP contribution in [0.15, 0.2) is 30.4 Å². The first-order chi connectivity index (χ1) is 28.8. The van der Waals surface area contributed by atoms with Gasteiger partial charge in [-0.15, -0.1) is 0 Å². The molecule has 0 bridgehead atoms. The second kappa shape index (κ2) is 17.6. The van der Waals surface area contributed by atoms with Crippen LogP contribution in [0.25, 0.3) is 10.9 Å². The topological polar surface area (TPSA) is 192 Å². The Morgan fingerprint density at radius 2 is 1.73 bits per heavy atom. The van der Waals surface area contributed by atoms with Crippen LogP contribution in [0.2, 0.25) is 18.1 Å². The van der Waals surface area contributed by atoms with Crippen molar-refractivity contribution >= 4 is 53.1 Å². The highest BCUT2D eigenvalue weighted by Crippen LogP contribution is 2.46. The molecule has 3 N–H and O–H groups in total. The molecule has 2 aromatic rings. The number of nitrogens with zero attached hydrogens (tertiary/aromatic N) is 2. The molecule has 3 fully saturated rings. The van der Waals surface area contributed by atoms with E-state index in [1.54, 1.807) is 26.8 Å². The number of alkyl carbamates (subject to hydrolysis) is 1. The van der Waals surface area contributed by atoms with Gasteiger partial charge in [-0.25, -0.2) is 18.2 Å². The van der Waals surface area contributed by atoms with Crippen LogP contribution in [0.4, 0.5) is 4.79 Å². The molecular weight excluding hydrogens is 831 g/mol. The summed E-state index contributed by atoms with van der Waals surface area (Å²) in [6.45, 7) is 21.8. The summed E-state index contributed by atoms with van der Waals surface area (Å²) in [5.74, 6) is -0.871. The van der Waals surface area contributed by atoms with Crippen LogP contribution in [0.5, 0.6) is 17.4 Å². The Morgan fingerprint density at radius 1 is 1.02 bits per heavy atom. The van der Waals surface area contributed by atoms with Crippen molar-refractivity contribution in [3.63, 3.8) is 0 Å². The third-order valence-corrected chi connectivity index (χ3v) is 18.6. The molecule has 4 amide bonds. The van der Waals surface area contributed by atoms with Crippen molar-refractivity contribution in [1.29, 1.82) is 0 Å². The molecular formula is C45H67N5O10SSi. The number of aromatic nitrogens is 1. The smallest absolute Gasteiger partial charge is 0.408 e. The third kappa shape index (κ3) is 10.9. The molecule has 1 saturated heterocycles. The quantitative estimate of drug-likeness (QED) is 0.165. The molecule has 0 radical (unpaired) electrons. The molecule has 342 valence electrons. The summed E-state index contributed by atoms with van der Waals surface area (Å²) in [7, 11) is -6.14. The Bertz CT molecular complexity index is 2200. The number of carbonyl (C=O) groups excluding carboxylic acids is 4. The Labute approximate surface area is 368 Å². The van der Waals surface area contributed by atoms with Gasteiger partial charge in [0.2, 0.25) is 36.0 Å². The van der Waals surface area contributed by atoms with Crippen molar-refractivity contribution in [1.82, 2.24) is 25.2 Å². The zero-order valence-electron chi connectivity index (χ0n) is 38.3. The van der Waals surface area contributed by atoms with E-state index in [1.807, 2.05) is 45.1 Å². The Kier molecular flexibility index (Phi) is 13.4. The third-order valence-electron chi connectivity index (χ3n) is 12.5. The van der Waals surface area contributed by atoms with Crippen LogP contribution < -0.4 is 29.3 Å². The minimum atomic E-state index is -3.92. The van der Waals surface area contributed by atoms with Crippen molar-refractivity contribution in [2.24, 2.45) is 5.92 Å². The number of hydrogen-bond donors (Lipinski definition) is 3. The Balaban J connectivity index is 1.36. The number of nitrogens with one attached hydrogen (secondary N) is 3. The predicted molar refractivity (Wildman–Crippen MR) is 239 cm³/mol. The van der Waals surface area contributed by atoms with E-state index in [-0.39, 0.29) is 30.5 Å². The van der Waals surface area contributed by atoms with Crippen LogP contribution in [-0.4, -0.2) is 97.7 Å². The summed E-state index contributed by atoms with van der Waals surface area (Å²) < 4.78 is 53.4. The van der Waals surface area contributed by atoms with Gasteiger partial charge < -0.3 is 34.2 Å². The lowest BCUT2D eigenvalue weighted by molar-refractivity contribution is -0.141. The fourth-order valence-electron chi connectivity index (χ4n) is 7.77. The van der Waals surface area contributed by atoms with E-state index in [0.29, 0.717) is 54.6 Å². The number of hydrogen-bond acceptors (Lipinski definition) is 11. The molecule has 2 aliphatic carbocycles. The average molecular weight is 898 g/mol. The Hall–Kier alpha value is -4.38. The van der Waals surface area contributed by atoms with Gasteiger partial charge in [0, 0.05) is 29.4 Å². The minimum absolute atomic E-state index is 0.0300. The van der Waals surface area contributed by atoms with Gasteiger partial charge in [-0.2, -0.15) is 0 Å². The van der Waals surface area contributed by atoms with Crippen LogP contribution in [0, 0.1) is 12.8 Å².